The first-order valence-electron chi connectivity index (χ1n) is 9.06. The van der Waals surface area contributed by atoms with E-state index in [0.717, 1.165) is 5.75 Å². The molecule has 26 heavy (non-hydrogen) atoms. The summed E-state index contributed by atoms with van der Waals surface area (Å²) in [6.07, 6.45) is 5.32. The fraction of sp³-hybridized carbons (Fsp3) is 0.450. The maximum Gasteiger partial charge on any atom is 0.233 e. The molecule has 0 radical (unpaired) electrons. The number of allylic oxidation sites excluding steroid dienone is 2. The molecule has 2 heterocycles. The van der Waals surface area contributed by atoms with Crippen molar-refractivity contribution in [1.29, 1.82) is 0 Å². The quantitative estimate of drug-likeness (QED) is 0.588. The van der Waals surface area contributed by atoms with E-state index in [1.807, 2.05) is 30.4 Å². The minimum atomic E-state index is -0.182. The van der Waals surface area contributed by atoms with Crippen LogP contribution in [0.15, 0.2) is 42.5 Å². The van der Waals surface area contributed by atoms with Crippen LogP contribution in [0.5, 0.6) is 0 Å². The van der Waals surface area contributed by atoms with Crippen LogP contribution in [0.3, 0.4) is 0 Å². The number of amides is 3. The largest absolute Gasteiger partial charge is 0.338 e. The average molecular weight is 370 g/mol. The van der Waals surface area contributed by atoms with E-state index in [-0.39, 0.29) is 35.6 Å². The Morgan fingerprint density at radius 1 is 1.00 bits per heavy atom. The van der Waals surface area contributed by atoms with Crippen LogP contribution in [0, 0.1) is 11.8 Å². The SMILES string of the molecule is O=C(CSCc1ccccc1)N1CC(N2C(=O)C3CC=CCC3C2=O)C1. The van der Waals surface area contributed by atoms with Crippen LogP contribution < -0.4 is 0 Å². The molecule has 2 fully saturated rings. The van der Waals surface area contributed by atoms with Gasteiger partial charge in [0.05, 0.1) is 23.6 Å². The van der Waals surface area contributed by atoms with Crippen molar-refractivity contribution in [2.75, 3.05) is 18.8 Å². The lowest BCUT2D eigenvalue weighted by molar-refractivity contribution is -0.151. The number of fused-ring (bicyclic) bond motifs is 1. The summed E-state index contributed by atoms with van der Waals surface area (Å²) in [5.74, 6) is 0.875. The van der Waals surface area contributed by atoms with Crippen LogP contribution in [0.25, 0.3) is 0 Å². The summed E-state index contributed by atoms with van der Waals surface area (Å²) in [4.78, 5) is 40.6. The monoisotopic (exact) mass is 370 g/mol. The van der Waals surface area contributed by atoms with E-state index in [2.05, 4.69) is 12.1 Å². The Balaban J connectivity index is 1.25. The Morgan fingerprint density at radius 3 is 2.23 bits per heavy atom. The second kappa shape index (κ2) is 7.27. The molecule has 3 aliphatic rings. The number of thioether (sulfide) groups is 1. The lowest BCUT2D eigenvalue weighted by atomic mass is 9.85. The first-order valence-corrected chi connectivity index (χ1v) is 10.2. The van der Waals surface area contributed by atoms with Crippen molar-refractivity contribution in [3.63, 3.8) is 0 Å². The van der Waals surface area contributed by atoms with Gasteiger partial charge in [0.25, 0.3) is 0 Å². The number of hydrogen-bond acceptors (Lipinski definition) is 4. The molecule has 4 rings (SSSR count). The Bertz CT molecular complexity index is 717. The summed E-state index contributed by atoms with van der Waals surface area (Å²) in [5.41, 5.74) is 1.20. The maximum absolute atomic E-state index is 12.6. The summed E-state index contributed by atoms with van der Waals surface area (Å²) in [6.45, 7) is 0.962. The van der Waals surface area contributed by atoms with E-state index in [1.54, 1.807) is 16.7 Å². The van der Waals surface area contributed by atoms with Crippen LogP contribution in [-0.2, 0) is 20.1 Å². The van der Waals surface area contributed by atoms with Crippen molar-refractivity contribution in [2.24, 2.45) is 11.8 Å². The lowest BCUT2D eigenvalue weighted by Crippen LogP contribution is -2.62. The number of carbonyl (C=O) groups is 3. The summed E-state index contributed by atoms with van der Waals surface area (Å²) in [5, 5.41) is 0. The summed E-state index contributed by atoms with van der Waals surface area (Å²) in [7, 11) is 0. The Hall–Kier alpha value is -2.08. The summed E-state index contributed by atoms with van der Waals surface area (Å²) in [6, 6.07) is 9.94. The molecule has 6 heteroatoms. The van der Waals surface area contributed by atoms with Crippen molar-refractivity contribution < 1.29 is 14.4 Å². The first kappa shape index (κ1) is 17.3. The van der Waals surface area contributed by atoms with Gasteiger partial charge in [0, 0.05) is 18.8 Å². The normalized spacial score (nSPS) is 25.4. The van der Waals surface area contributed by atoms with E-state index in [4.69, 9.17) is 0 Å². The highest BCUT2D eigenvalue weighted by Crippen LogP contribution is 2.37. The molecule has 1 aromatic rings. The van der Waals surface area contributed by atoms with Gasteiger partial charge in [-0.2, -0.15) is 0 Å². The van der Waals surface area contributed by atoms with Gasteiger partial charge in [0.1, 0.15) is 0 Å². The lowest BCUT2D eigenvalue weighted by Gasteiger charge is -2.43. The van der Waals surface area contributed by atoms with E-state index in [0.29, 0.717) is 31.7 Å². The molecule has 5 nitrogen and oxygen atoms in total. The van der Waals surface area contributed by atoms with Crippen LogP contribution in [0.2, 0.25) is 0 Å². The van der Waals surface area contributed by atoms with Crippen LogP contribution in [0.4, 0.5) is 0 Å². The third-order valence-electron chi connectivity index (χ3n) is 5.46. The predicted octanol–water partition coefficient (Wildman–Crippen LogP) is 2.08. The number of nitrogens with zero attached hydrogens (tertiary/aromatic N) is 2. The fourth-order valence-electron chi connectivity index (χ4n) is 3.93. The van der Waals surface area contributed by atoms with Gasteiger partial charge in [0.2, 0.25) is 17.7 Å². The summed E-state index contributed by atoms with van der Waals surface area (Å²) < 4.78 is 0. The van der Waals surface area contributed by atoms with Crippen molar-refractivity contribution in [2.45, 2.75) is 24.6 Å². The summed E-state index contributed by atoms with van der Waals surface area (Å²) >= 11 is 1.60. The number of hydrogen-bond donors (Lipinski definition) is 0. The van der Waals surface area contributed by atoms with Crippen molar-refractivity contribution in [3.05, 3.63) is 48.0 Å². The molecule has 2 unspecified atom stereocenters. The van der Waals surface area contributed by atoms with Crippen molar-refractivity contribution >= 4 is 29.5 Å². The highest BCUT2D eigenvalue weighted by atomic mass is 32.2. The molecular weight excluding hydrogens is 348 g/mol. The molecule has 0 bridgehead atoms. The van der Waals surface area contributed by atoms with E-state index < -0.39 is 0 Å². The second-order valence-corrected chi connectivity index (χ2v) is 8.12. The smallest absolute Gasteiger partial charge is 0.233 e. The van der Waals surface area contributed by atoms with Gasteiger partial charge in [-0.05, 0) is 18.4 Å². The molecule has 136 valence electrons. The predicted molar refractivity (Wildman–Crippen MR) is 100 cm³/mol. The van der Waals surface area contributed by atoms with Crippen molar-refractivity contribution in [3.8, 4) is 0 Å². The van der Waals surface area contributed by atoms with Crippen LogP contribution >= 0.6 is 11.8 Å². The van der Waals surface area contributed by atoms with Crippen molar-refractivity contribution in [1.82, 2.24) is 9.80 Å². The fourth-order valence-corrected chi connectivity index (χ4v) is 4.82. The van der Waals surface area contributed by atoms with Gasteiger partial charge < -0.3 is 4.90 Å². The van der Waals surface area contributed by atoms with Crippen LogP contribution in [0.1, 0.15) is 18.4 Å². The zero-order valence-electron chi connectivity index (χ0n) is 14.5. The minimum absolute atomic E-state index is 0.0418. The van der Waals surface area contributed by atoms with Gasteiger partial charge >= 0.3 is 0 Å². The molecule has 0 saturated carbocycles. The Kier molecular flexibility index (Phi) is 4.85. The third-order valence-corrected chi connectivity index (χ3v) is 6.45. The highest BCUT2D eigenvalue weighted by Gasteiger charge is 2.52. The van der Waals surface area contributed by atoms with E-state index in [9.17, 15) is 14.4 Å². The number of carbonyl (C=O) groups excluding carboxylic acids is 3. The Morgan fingerprint density at radius 2 is 1.62 bits per heavy atom. The zero-order valence-corrected chi connectivity index (χ0v) is 15.4. The highest BCUT2D eigenvalue weighted by molar-refractivity contribution is 7.99. The zero-order chi connectivity index (χ0) is 18.1. The molecule has 0 spiro atoms. The van der Waals surface area contributed by atoms with Gasteiger partial charge in [-0.25, -0.2) is 0 Å². The third kappa shape index (κ3) is 3.18. The van der Waals surface area contributed by atoms with Gasteiger partial charge in [0.15, 0.2) is 0 Å². The van der Waals surface area contributed by atoms with Gasteiger partial charge in [-0.3, -0.25) is 19.3 Å². The molecule has 0 aromatic heterocycles. The first-order chi connectivity index (χ1) is 12.6. The molecule has 2 saturated heterocycles. The number of rotatable bonds is 5. The minimum Gasteiger partial charge on any atom is -0.338 e. The van der Waals surface area contributed by atoms with Gasteiger partial charge in [-0.15, -0.1) is 11.8 Å². The van der Waals surface area contributed by atoms with Crippen LogP contribution in [-0.4, -0.2) is 52.4 Å². The molecular formula is C20H22N2O3S. The molecule has 2 aliphatic heterocycles. The molecule has 1 aliphatic carbocycles. The number of likely N-dealkylation sites (tertiary alicyclic amines) is 2. The van der Waals surface area contributed by atoms with Gasteiger partial charge in [-0.1, -0.05) is 42.5 Å². The number of benzene rings is 1. The molecule has 0 N–H and O–H groups in total. The number of imide groups is 1. The maximum atomic E-state index is 12.6. The molecule has 1 aromatic carbocycles. The standard InChI is InChI=1S/C20H22N2O3S/c23-18(13-26-12-14-6-2-1-3-7-14)21-10-15(11-21)22-19(24)16-8-4-5-9-17(16)20(22)25/h1-7,15-17H,8-13H2. The van der Waals surface area contributed by atoms with E-state index in [1.165, 1.54) is 10.5 Å². The Labute approximate surface area is 157 Å². The average Bonchev–Trinajstić information content (AvgIpc) is 2.87. The van der Waals surface area contributed by atoms with E-state index >= 15 is 0 Å². The second-order valence-electron chi connectivity index (χ2n) is 7.13. The topological polar surface area (TPSA) is 57.7 Å². The molecule has 3 amide bonds. The molecule has 2 atom stereocenters.